The largest absolute Gasteiger partial charge is 0.509 e. The number of ether oxygens (including phenoxy) is 2. The molecule has 0 spiro atoms. The molecule has 3 N–H and O–H groups in total. The topological polar surface area (TPSA) is 97.7 Å². The summed E-state index contributed by atoms with van der Waals surface area (Å²) in [7, 11) is 3.21. The molecule has 172 valence electrons. The Bertz CT molecular complexity index is 1160. The molecule has 3 aromatic rings. The van der Waals surface area contributed by atoms with Crippen molar-refractivity contribution in [3.8, 4) is 11.5 Å². The van der Waals surface area contributed by atoms with Gasteiger partial charge in [-0.25, -0.2) is 4.98 Å². The van der Waals surface area contributed by atoms with E-state index in [-0.39, 0.29) is 17.6 Å². The molecule has 8 nitrogen and oxygen atoms in total. The van der Waals surface area contributed by atoms with Gasteiger partial charge in [0.15, 0.2) is 0 Å². The lowest BCUT2D eigenvalue weighted by molar-refractivity contribution is 0.304. The minimum Gasteiger partial charge on any atom is -0.509 e. The monoisotopic (exact) mass is 447 g/mol. The normalized spacial score (nSPS) is 19.2. The Kier molecular flexibility index (Phi) is 5.68. The van der Waals surface area contributed by atoms with Crippen molar-refractivity contribution in [2.45, 2.75) is 25.3 Å². The van der Waals surface area contributed by atoms with Crippen molar-refractivity contribution in [1.29, 1.82) is 5.41 Å². The molecule has 0 aliphatic carbocycles. The Hall–Kier alpha value is -3.52. The number of anilines is 1. The molecule has 2 aromatic carbocycles. The number of nitrogens with zero attached hydrogens (tertiary/aromatic N) is 3. The number of hydrogen-bond donors (Lipinski definition) is 3. The average Bonchev–Trinajstić information content (AvgIpc) is 3.55. The van der Waals surface area contributed by atoms with E-state index >= 15 is 0 Å². The first-order chi connectivity index (χ1) is 16.1. The number of nitrogens with one attached hydrogen (secondary N) is 2. The van der Waals surface area contributed by atoms with Crippen LogP contribution >= 0.6 is 0 Å². The number of hydrogen-bond acceptors (Lipinski definition) is 6. The van der Waals surface area contributed by atoms with Crippen LogP contribution < -0.4 is 14.4 Å². The minimum absolute atomic E-state index is 0.167. The van der Waals surface area contributed by atoms with Crippen molar-refractivity contribution in [2.24, 2.45) is 0 Å². The Balaban J connectivity index is 1.56. The lowest BCUT2D eigenvalue weighted by atomic mass is 10.1. The number of benzene rings is 2. The van der Waals surface area contributed by atoms with Gasteiger partial charge in [0.25, 0.3) is 0 Å². The first-order valence-electron chi connectivity index (χ1n) is 11.3. The maximum Gasteiger partial charge on any atom is 0.145 e. The molecule has 2 aliphatic rings. The first kappa shape index (κ1) is 21.3. The molecule has 1 aromatic heterocycles. The Morgan fingerprint density at radius 2 is 1.79 bits per heavy atom. The Morgan fingerprint density at radius 3 is 2.45 bits per heavy atom. The van der Waals surface area contributed by atoms with Gasteiger partial charge in [0.05, 0.1) is 42.6 Å². The zero-order valence-corrected chi connectivity index (χ0v) is 19.0. The third-order valence-electron chi connectivity index (χ3n) is 6.52. The van der Waals surface area contributed by atoms with E-state index in [1.54, 1.807) is 20.3 Å². The van der Waals surface area contributed by atoms with Crippen LogP contribution in [0.5, 0.6) is 11.5 Å². The molecular weight excluding hydrogens is 418 g/mol. The highest BCUT2D eigenvalue weighted by Gasteiger charge is 2.40. The summed E-state index contributed by atoms with van der Waals surface area (Å²) in [5.74, 6) is 2.13. The number of amidine groups is 1. The third kappa shape index (κ3) is 3.91. The summed E-state index contributed by atoms with van der Waals surface area (Å²) in [5, 5.41) is 20.5. The fourth-order valence-corrected chi connectivity index (χ4v) is 4.81. The van der Waals surface area contributed by atoms with Gasteiger partial charge < -0.3 is 29.4 Å². The number of methoxy groups -OCH3 is 2. The van der Waals surface area contributed by atoms with Crippen LogP contribution in [0.15, 0.2) is 48.2 Å². The van der Waals surface area contributed by atoms with Gasteiger partial charge in [0.2, 0.25) is 0 Å². The summed E-state index contributed by atoms with van der Waals surface area (Å²) in [5.41, 5.74) is 2.84. The lowest BCUT2D eigenvalue weighted by Crippen LogP contribution is -2.38. The van der Waals surface area contributed by atoms with Gasteiger partial charge in [-0.05, 0) is 44.5 Å². The number of imidazole rings is 1. The molecule has 0 bridgehead atoms. The average molecular weight is 448 g/mol. The highest BCUT2D eigenvalue weighted by Crippen LogP contribution is 2.39. The molecule has 33 heavy (non-hydrogen) atoms. The summed E-state index contributed by atoms with van der Waals surface area (Å²) in [6.07, 6.45) is 3.12. The van der Waals surface area contributed by atoms with E-state index in [2.05, 4.69) is 14.9 Å². The van der Waals surface area contributed by atoms with E-state index < -0.39 is 0 Å². The number of fused-ring (bicyclic) bond motifs is 1. The standard InChI is InChI=1S/C25H29N5O3/c1-32-17-13-16(14-18(15-17)33-2)30-21(9-12-29-10-5-6-11-29)23(31)22(24(30)26)25-27-19-7-3-4-8-20(19)28-25/h3-4,7-8,13-15,21,26,31H,5-6,9-12H2,1-2H3,(H,27,28). The van der Waals surface area contributed by atoms with Gasteiger partial charge in [-0.1, -0.05) is 12.1 Å². The predicted molar refractivity (Wildman–Crippen MR) is 129 cm³/mol. The number of aliphatic hydroxyl groups is 1. The molecule has 1 fully saturated rings. The van der Waals surface area contributed by atoms with Gasteiger partial charge in [-0.3, -0.25) is 5.41 Å². The summed E-state index contributed by atoms with van der Waals surface area (Å²) >= 11 is 0. The molecule has 0 radical (unpaired) electrons. The summed E-state index contributed by atoms with van der Waals surface area (Å²) < 4.78 is 10.9. The quantitative estimate of drug-likeness (QED) is 0.502. The first-order valence-corrected chi connectivity index (χ1v) is 11.3. The van der Waals surface area contributed by atoms with Crippen molar-refractivity contribution in [2.75, 3.05) is 38.8 Å². The second-order valence-electron chi connectivity index (χ2n) is 8.51. The predicted octanol–water partition coefficient (Wildman–Crippen LogP) is 4.20. The maximum atomic E-state index is 11.4. The van der Waals surface area contributed by atoms with Crippen LogP contribution in [0, 0.1) is 5.41 Å². The number of H-pyrrole nitrogens is 1. The van der Waals surface area contributed by atoms with Crippen molar-refractivity contribution >= 4 is 28.1 Å². The van der Waals surface area contributed by atoms with Gasteiger partial charge in [-0.15, -0.1) is 0 Å². The highest BCUT2D eigenvalue weighted by molar-refractivity contribution is 6.31. The van der Waals surface area contributed by atoms with Gasteiger partial charge in [0, 0.05) is 24.7 Å². The molecule has 1 unspecified atom stereocenters. The maximum absolute atomic E-state index is 11.4. The SMILES string of the molecule is COc1cc(OC)cc(N2C(=N)C(c3nc4ccccc4[nH]3)=C(O)C2CCN2CCCC2)c1. The molecule has 1 atom stereocenters. The highest BCUT2D eigenvalue weighted by atomic mass is 16.5. The number of para-hydroxylation sites is 2. The van der Waals surface area contributed by atoms with Crippen LogP contribution in [0.4, 0.5) is 5.69 Å². The van der Waals surface area contributed by atoms with Crippen LogP contribution in [0.2, 0.25) is 0 Å². The van der Waals surface area contributed by atoms with E-state index in [9.17, 15) is 5.11 Å². The van der Waals surface area contributed by atoms with Crippen LogP contribution in [0.25, 0.3) is 16.6 Å². The molecule has 3 heterocycles. The summed E-state index contributed by atoms with van der Waals surface area (Å²) in [4.78, 5) is 12.2. The number of aromatic nitrogens is 2. The van der Waals surface area contributed by atoms with Gasteiger partial charge in [0.1, 0.15) is 28.9 Å². The van der Waals surface area contributed by atoms with Gasteiger partial charge in [-0.2, -0.15) is 0 Å². The zero-order chi connectivity index (χ0) is 22.9. The number of aromatic amines is 1. The Labute approximate surface area is 193 Å². The second-order valence-corrected chi connectivity index (χ2v) is 8.51. The fourth-order valence-electron chi connectivity index (χ4n) is 4.81. The minimum atomic E-state index is -0.377. The van der Waals surface area contributed by atoms with Crippen LogP contribution in [0.3, 0.4) is 0 Å². The van der Waals surface area contributed by atoms with Gasteiger partial charge >= 0.3 is 0 Å². The molecule has 0 amide bonds. The zero-order valence-electron chi connectivity index (χ0n) is 19.0. The van der Waals surface area contributed by atoms with E-state index in [4.69, 9.17) is 14.9 Å². The fraction of sp³-hybridized carbons (Fsp3) is 0.360. The van der Waals surface area contributed by atoms with Crippen molar-refractivity contribution in [3.63, 3.8) is 0 Å². The molecule has 2 aliphatic heterocycles. The van der Waals surface area contributed by atoms with Crippen LogP contribution in [0.1, 0.15) is 25.1 Å². The van der Waals surface area contributed by atoms with Crippen molar-refractivity contribution in [1.82, 2.24) is 14.9 Å². The van der Waals surface area contributed by atoms with E-state index in [1.807, 2.05) is 41.3 Å². The van der Waals surface area contributed by atoms with E-state index in [1.165, 1.54) is 12.8 Å². The summed E-state index contributed by atoms with van der Waals surface area (Å²) in [6.45, 7) is 3.02. The van der Waals surface area contributed by atoms with E-state index in [0.29, 0.717) is 29.3 Å². The number of rotatable bonds is 7. The molecule has 1 saturated heterocycles. The van der Waals surface area contributed by atoms with Crippen molar-refractivity contribution < 1.29 is 14.6 Å². The number of aliphatic hydroxyl groups excluding tert-OH is 1. The lowest BCUT2D eigenvalue weighted by Gasteiger charge is -2.29. The van der Waals surface area contributed by atoms with Crippen molar-refractivity contribution in [3.05, 3.63) is 54.0 Å². The third-order valence-corrected chi connectivity index (χ3v) is 6.52. The number of likely N-dealkylation sites (tertiary alicyclic amines) is 1. The molecule has 0 saturated carbocycles. The smallest absolute Gasteiger partial charge is 0.145 e. The van der Waals surface area contributed by atoms with Crippen LogP contribution in [-0.2, 0) is 0 Å². The molecule has 8 heteroatoms. The molecular formula is C25H29N5O3. The summed E-state index contributed by atoms with van der Waals surface area (Å²) in [6, 6.07) is 12.9. The second kappa shape index (κ2) is 8.78. The molecule has 5 rings (SSSR count). The Morgan fingerprint density at radius 1 is 1.09 bits per heavy atom. The van der Waals surface area contributed by atoms with E-state index in [0.717, 1.165) is 36.4 Å². The van der Waals surface area contributed by atoms with Crippen LogP contribution in [-0.4, -0.2) is 65.7 Å².